The summed E-state index contributed by atoms with van der Waals surface area (Å²) in [5.74, 6) is 0.855. The molecule has 7 heteroatoms. The molecule has 6 nitrogen and oxygen atoms in total. The van der Waals surface area contributed by atoms with Gasteiger partial charge in [-0.1, -0.05) is 42.5 Å². The van der Waals surface area contributed by atoms with Gasteiger partial charge in [0.05, 0.1) is 18.0 Å². The second kappa shape index (κ2) is 9.17. The number of sulfonamides is 1. The van der Waals surface area contributed by atoms with Crippen molar-refractivity contribution in [2.45, 2.75) is 23.4 Å². The van der Waals surface area contributed by atoms with Crippen LogP contribution in [0.4, 0.5) is 5.69 Å². The lowest BCUT2D eigenvalue weighted by Gasteiger charge is -2.41. The average molecular weight is 464 g/mol. The maximum Gasteiger partial charge on any atom is 0.240 e. The molecule has 0 saturated carbocycles. The summed E-state index contributed by atoms with van der Waals surface area (Å²) >= 11 is 0. The van der Waals surface area contributed by atoms with Crippen LogP contribution in [-0.4, -0.2) is 52.6 Å². The highest BCUT2D eigenvalue weighted by Gasteiger charge is 2.39. The van der Waals surface area contributed by atoms with Crippen LogP contribution >= 0.6 is 0 Å². The van der Waals surface area contributed by atoms with Crippen LogP contribution in [0.15, 0.2) is 83.8 Å². The number of ether oxygens (including phenoxy) is 1. The molecule has 5 rings (SSSR count). The fourth-order valence-electron chi connectivity index (χ4n) is 5.05. The third kappa shape index (κ3) is 4.49. The van der Waals surface area contributed by atoms with Crippen molar-refractivity contribution in [2.75, 3.05) is 38.2 Å². The monoisotopic (exact) mass is 463 g/mol. The number of piperazine rings is 1. The van der Waals surface area contributed by atoms with Gasteiger partial charge in [0.1, 0.15) is 5.75 Å². The summed E-state index contributed by atoms with van der Waals surface area (Å²) in [6, 6.07) is 25.0. The number of methoxy groups -OCH3 is 1. The van der Waals surface area contributed by atoms with E-state index in [1.165, 1.54) is 16.8 Å². The Kier molecular flexibility index (Phi) is 6.10. The van der Waals surface area contributed by atoms with E-state index in [0.29, 0.717) is 11.3 Å². The Morgan fingerprint density at radius 1 is 0.848 bits per heavy atom. The molecule has 3 aromatic carbocycles. The van der Waals surface area contributed by atoms with Crippen molar-refractivity contribution in [1.29, 1.82) is 0 Å². The van der Waals surface area contributed by atoms with Crippen LogP contribution in [-0.2, 0) is 16.4 Å². The lowest BCUT2D eigenvalue weighted by atomic mass is 10.0. The highest BCUT2D eigenvalue weighted by atomic mass is 32.2. The van der Waals surface area contributed by atoms with Crippen LogP contribution in [0.2, 0.25) is 0 Å². The number of fused-ring (bicyclic) bond motifs is 1. The molecule has 0 unspecified atom stereocenters. The van der Waals surface area contributed by atoms with E-state index in [9.17, 15) is 8.42 Å². The maximum atomic E-state index is 13.1. The third-order valence-electron chi connectivity index (χ3n) is 6.70. The molecule has 1 fully saturated rings. The van der Waals surface area contributed by atoms with Gasteiger partial charge in [-0.25, -0.2) is 13.1 Å². The Morgan fingerprint density at radius 3 is 2.21 bits per heavy atom. The van der Waals surface area contributed by atoms with Gasteiger partial charge in [-0.15, -0.1) is 0 Å². The van der Waals surface area contributed by atoms with Gasteiger partial charge in [0.2, 0.25) is 10.0 Å². The molecule has 1 aliphatic carbocycles. The van der Waals surface area contributed by atoms with Gasteiger partial charge in [-0.05, 0) is 53.9 Å². The molecular formula is C26H29N3O3S. The first kappa shape index (κ1) is 21.9. The van der Waals surface area contributed by atoms with Crippen molar-refractivity contribution in [3.63, 3.8) is 0 Å². The molecule has 0 aromatic heterocycles. The van der Waals surface area contributed by atoms with Crippen molar-refractivity contribution in [1.82, 2.24) is 9.62 Å². The highest BCUT2D eigenvalue weighted by Crippen LogP contribution is 2.37. The standard InChI is InChI=1S/C26H29N3O3S/c1-32-22-13-11-21(12-14-22)28-15-17-29(18-16-28)26-24-10-6-5-7-20(24)19-25(26)27-33(30,31)23-8-3-2-4-9-23/h2-14,25-27H,15-19H2,1H3/t25-,26+/m1/s1. The molecule has 0 bridgehead atoms. The molecule has 172 valence electrons. The number of nitrogens with zero attached hydrogens (tertiary/aromatic N) is 2. The summed E-state index contributed by atoms with van der Waals surface area (Å²) in [6.07, 6.45) is 0.700. The molecule has 2 atom stereocenters. The first-order chi connectivity index (χ1) is 16.0. The Labute approximate surface area is 195 Å². The SMILES string of the molecule is COc1ccc(N2CCN([C@H]3c4ccccc4C[C@H]3NS(=O)(=O)c3ccccc3)CC2)cc1. The summed E-state index contributed by atoms with van der Waals surface area (Å²) in [4.78, 5) is 5.12. The number of nitrogens with one attached hydrogen (secondary N) is 1. The second-order valence-electron chi connectivity index (χ2n) is 8.61. The third-order valence-corrected chi connectivity index (χ3v) is 8.21. The van der Waals surface area contributed by atoms with E-state index in [1.807, 2.05) is 30.3 Å². The van der Waals surface area contributed by atoms with Crippen molar-refractivity contribution < 1.29 is 13.2 Å². The molecule has 1 N–H and O–H groups in total. The van der Waals surface area contributed by atoms with E-state index < -0.39 is 10.0 Å². The zero-order valence-corrected chi connectivity index (χ0v) is 19.5. The molecule has 1 saturated heterocycles. The van der Waals surface area contributed by atoms with Crippen LogP contribution in [0.25, 0.3) is 0 Å². The minimum atomic E-state index is -3.59. The second-order valence-corrected chi connectivity index (χ2v) is 10.3. The highest BCUT2D eigenvalue weighted by molar-refractivity contribution is 7.89. The maximum absolute atomic E-state index is 13.1. The number of hydrogen-bond acceptors (Lipinski definition) is 5. The molecule has 1 heterocycles. The topological polar surface area (TPSA) is 61.9 Å². The van der Waals surface area contributed by atoms with Crippen LogP contribution in [0.5, 0.6) is 5.75 Å². The zero-order chi connectivity index (χ0) is 22.8. The van der Waals surface area contributed by atoms with Gasteiger partial charge in [0.25, 0.3) is 0 Å². The number of benzene rings is 3. The summed E-state index contributed by atoms with van der Waals surface area (Å²) in [5, 5.41) is 0. The van der Waals surface area contributed by atoms with Crippen molar-refractivity contribution >= 4 is 15.7 Å². The number of anilines is 1. The summed E-state index contributed by atoms with van der Waals surface area (Å²) < 4.78 is 34.5. The predicted molar refractivity (Wildman–Crippen MR) is 130 cm³/mol. The minimum Gasteiger partial charge on any atom is -0.497 e. The first-order valence-corrected chi connectivity index (χ1v) is 12.8. The molecule has 0 radical (unpaired) electrons. The van der Waals surface area contributed by atoms with Gasteiger partial charge < -0.3 is 9.64 Å². The summed E-state index contributed by atoms with van der Waals surface area (Å²) in [5.41, 5.74) is 3.64. The Balaban J connectivity index is 1.34. The normalized spacial score (nSPS) is 21.1. The largest absolute Gasteiger partial charge is 0.497 e. The van der Waals surface area contributed by atoms with E-state index in [4.69, 9.17) is 4.74 Å². The van der Waals surface area contributed by atoms with Gasteiger partial charge in [0.15, 0.2) is 0 Å². The number of hydrogen-bond donors (Lipinski definition) is 1. The van der Waals surface area contributed by atoms with Crippen LogP contribution in [0.1, 0.15) is 17.2 Å². The zero-order valence-electron chi connectivity index (χ0n) is 18.7. The minimum absolute atomic E-state index is 0.0257. The molecule has 33 heavy (non-hydrogen) atoms. The molecule has 2 aliphatic rings. The molecule has 3 aromatic rings. The Bertz CT molecular complexity index is 1190. The quantitative estimate of drug-likeness (QED) is 0.607. The van der Waals surface area contributed by atoms with Gasteiger partial charge >= 0.3 is 0 Å². The Hall–Kier alpha value is -2.87. The predicted octanol–water partition coefficient (Wildman–Crippen LogP) is 3.46. The van der Waals surface area contributed by atoms with Gasteiger partial charge in [0, 0.05) is 37.9 Å². The number of rotatable bonds is 6. The van der Waals surface area contributed by atoms with Crippen LogP contribution < -0.4 is 14.4 Å². The smallest absolute Gasteiger partial charge is 0.240 e. The fourth-order valence-corrected chi connectivity index (χ4v) is 6.31. The van der Waals surface area contributed by atoms with Crippen LogP contribution in [0, 0.1) is 0 Å². The van der Waals surface area contributed by atoms with E-state index >= 15 is 0 Å². The van der Waals surface area contributed by atoms with E-state index in [2.05, 4.69) is 38.8 Å². The lowest BCUT2D eigenvalue weighted by molar-refractivity contribution is 0.166. The summed E-state index contributed by atoms with van der Waals surface area (Å²) in [7, 11) is -1.92. The molecular weight excluding hydrogens is 434 g/mol. The van der Waals surface area contributed by atoms with E-state index in [1.54, 1.807) is 31.4 Å². The fraction of sp³-hybridized carbons (Fsp3) is 0.308. The van der Waals surface area contributed by atoms with Gasteiger partial charge in [-0.2, -0.15) is 0 Å². The molecule has 1 aliphatic heterocycles. The van der Waals surface area contributed by atoms with E-state index in [-0.39, 0.29) is 12.1 Å². The average Bonchev–Trinajstić information content (AvgIpc) is 3.22. The Morgan fingerprint density at radius 2 is 1.52 bits per heavy atom. The van der Waals surface area contributed by atoms with Crippen molar-refractivity contribution in [3.8, 4) is 5.75 Å². The molecule has 0 amide bonds. The van der Waals surface area contributed by atoms with E-state index in [0.717, 1.165) is 31.9 Å². The van der Waals surface area contributed by atoms with Crippen molar-refractivity contribution in [2.24, 2.45) is 0 Å². The first-order valence-electron chi connectivity index (χ1n) is 11.3. The lowest BCUT2D eigenvalue weighted by Crippen LogP contribution is -2.52. The van der Waals surface area contributed by atoms with Gasteiger partial charge in [-0.3, -0.25) is 4.90 Å². The summed E-state index contributed by atoms with van der Waals surface area (Å²) in [6.45, 7) is 3.52. The van der Waals surface area contributed by atoms with Crippen LogP contribution in [0.3, 0.4) is 0 Å². The van der Waals surface area contributed by atoms with Crippen molar-refractivity contribution in [3.05, 3.63) is 90.0 Å². The molecule has 0 spiro atoms.